The van der Waals surface area contributed by atoms with E-state index in [1.807, 2.05) is 12.1 Å². The summed E-state index contributed by atoms with van der Waals surface area (Å²) in [6, 6.07) is 5.61. The predicted molar refractivity (Wildman–Crippen MR) is 60.7 cm³/mol. The highest BCUT2D eigenvalue weighted by Crippen LogP contribution is 2.17. The summed E-state index contributed by atoms with van der Waals surface area (Å²) in [4.78, 5) is 4.35. The van der Waals surface area contributed by atoms with Crippen LogP contribution in [0.15, 0.2) is 24.3 Å². The molecule has 0 aromatic carbocycles. The fourth-order valence-electron chi connectivity index (χ4n) is 1.62. The van der Waals surface area contributed by atoms with Crippen LogP contribution < -0.4 is 11.1 Å². The third-order valence-corrected chi connectivity index (χ3v) is 2.42. The van der Waals surface area contributed by atoms with Crippen molar-refractivity contribution >= 4 is 11.4 Å². The Kier molecular flexibility index (Phi) is 2.78. The zero-order valence-corrected chi connectivity index (χ0v) is 8.46. The molecule has 0 amide bonds. The van der Waals surface area contributed by atoms with Gasteiger partial charge in [-0.3, -0.25) is 5.41 Å². The maximum atomic E-state index is 7.33. The van der Waals surface area contributed by atoms with Crippen LogP contribution in [0.2, 0.25) is 0 Å². The number of hydrogen-bond acceptors (Lipinski definition) is 3. The highest BCUT2D eigenvalue weighted by atomic mass is 14.9. The van der Waals surface area contributed by atoms with E-state index in [0.717, 1.165) is 25.2 Å². The first kappa shape index (κ1) is 9.86. The lowest BCUT2D eigenvalue weighted by atomic mass is 10.1. The first-order chi connectivity index (χ1) is 7.27. The van der Waals surface area contributed by atoms with Crippen molar-refractivity contribution < 1.29 is 0 Å². The highest BCUT2D eigenvalue weighted by Gasteiger charge is 2.08. The van der Waals surface area contributed by atoms with E-state index in [0.29, 0.717) is 5.69 Å². The predicted octanol–water partition coefficient (Wildman–Crippen LogP) is 0.742. The second-order valence-electron chi connectivity index (χ2n) is 3.51. The van der Waals surface area contributed by atoms with Gasteiger partial charge in [0.15, 0.2) is 0 Å². The standard InChI is InChI=1S/C11H14N4/c12-11(13)10-3-1-2-9(15-10)8-4-6-14-7-5-8/h1-4,14H,5-7H2,(H3,12,13). The van der Waals surface area contributed by atoms with Crippen LogP contribution in [0.4, 0.5) is 0 Å². The number of nitrogens with zero attached hydrogens (tertiary/aromatic N) is 1. The SMILES string of the molecule is N=C(N)c1cccc(C2=CCNCC2)n1. The molecule has 15 heavy (non-hydrogen) atoms. The van der Waals surface area contributed by atoms with Gasteiger partial charge in [0, 0.05) is 6.54 Å². The number of amidine groups is 1. The number of pyridine rings is 1. The van der Waals surface area contributed by atoms with Crippen LogP contribution in [0.25, 0.3) is 5.57 Å². The molecule has 0 unspecified atom stereocenters. The third-order valence-electron chi connectivity index (χ3n) is 2.42. The Hall–Kier alpha value is -1.68. The minimum Gasteiger partial charge on any atom is -0.382 e. The van der Waals surface area contributed by atoms with Crippen LogP contribution in [0.1, 0.15) is 17.8 Å². The number of nitrogens with two attached hydrogens (primary N) is 1. The third kappa shape index (κ3) is 2.22. The molecule has 2 rings (SSSR count). The summed E-state index contributed by atoms with van der Waals surface area (Å²) in [6.07, 6.45) is 3.12. The van der Waals surface area contributed by atoms with Crippen molar-refractivity contribution in [3.8, 4) is 0 Å². The highest BCUT2D eigenvalue weighted by molar-refractivity contribution is 5.93. The van der Waals surface area contributed by atoms with Gasteiger partial charge in [-0.1, -0.05) is 12.1 Å². The topological polar surface area (TPSA) is 74.8 Å². The van der Waals surface area contributed by atoms with Crippen LogP contribution in [0.3, 0.4) is 0 Å². The molecule has 0 saturated carbocycles. The van der Waals surface area contributed by atoms with Crippen molar-refractivity contribution in [2.24, 2.45) is 5.73 Å². The van der Waals surface area contributed by atoms with Gasteiger partial charge in [-0.15, -0.1) is 0 Å². The van der Waals surface area contributed by atoms with Gasteiger partial charge in [0.1, 0.15) is 11.5 Å². The lowest BCUT2D eigenvalue weighted by molar-refractivity contribution is 0.737. The van der Waals surface area contributed by atoms with Crippen LogP contribution in [0, 0.1) is 5.41 Å². The van der Waals surface area contributed by atoms with E-state index in [4.69, 9.17) is 11.1 Å². The summed E-state index contributed by atoms with van der Waals surface area (Å²) in [5.74, 6) is 0.0198. The fraction of sp³-hybridized carbons (Fsp3) is 0.273. The number of nitrogens with one attached hydrogen (secondary N) is 2. The first-order valence-electron chi connectivity index (χ1n) is 4.99. The van der Waals surface area contributed by atoms with Gasteiger partial charge in [-0.05, 0) is 30.7 Å². The molecule has 1 aliphatic heterocycles. The van der Waals surface area contributed by atoms with Crippen LogP contribution in [-0.4, -0.2) is 23.9 Å². The second-order valence-corrected chi connectivity index (χ2v) is 3.51. The van der Waals surface area contributed by atoms with E-state index in [-0.39, 0.29) is 5.84 Å². The van der Waals surface area contributed by atoms with E-state index in [9.17, 15) is 0 Å². The van der Waals surface area contributed by atoms with E-state index in [1.165, 1.54) is 5.57 Å². The van der Waals surface area contributed by atoms with Crippen molar-refractivity contribution in [1.82, 2.24) is 10.3 Å². The summed E-state index contributed by atoms with van der Waals surface area (Å²) < 4.78 is 0. The molecular formula is C11H14N4. The van der Waals surface area contributed by atoms with Gasteiger partial charge in [-0.25, -0.2) is 4.98 Å². The summed E-state index contributed by atoms with van der Waals surface area (Å²) >= 11 is 0. The monoisotopic (exact) mass is 202 g/mol. The normalized spacial score (nSPS) is 15.9. The molecule has 0 spiro atoms. The minimum atomic E-state index is 0.0198. The van der Waals surface area contributed by atoms with Gasteiger partial charge in [0.25, 0.3) is 0 Å². The van der Waals surface area contributed by atoms with Crippen LogP contribution in [0.5, 0.6) is 0 Å². The van der Waals surface area contributed by atoms with Crippen molar-refractivity contribution in [2.75, 3.05) is 13.1 Å². The van der Waals surface area contributed by atoms with E-state index in [1.54, 1.807) is 6.07 Å². The molecule has 0 atom stereocenters. The average Bonchev–Trinajstić information content (AvgIpc) is 2.30. The van der Waals surface area contributed by atoms with E-state index in [2.05, 4.69) is 16.4 Å². The molecule has 4 N–H and O–H groups in total. The molecule has 2 heterocycles. The maximum absolute atomic E-state index is 7.33. The Labute approximate surface area is 88.7 Å². The summed E-state index contributed by atoms with van der Waals surface area (Å²) in [5.41, 5.74) is 8.12. The van der Waals surface area contributed by atoms with Gasteiger partial charge >= 0.3 is 0 Å². The van der Waals surface area contributed by atoms with Crippen molar-refractivity contribution in [3.63, 3.8) is 0 Å². The van der Waals surface area contributed by atoms with Gasteiger partial charge in [0.2, 0.25) is 0 Å². The van der Waals surface area contributed by atoms with Crippen LogP contribution in [-0.2, 0) is 0 Å². The van der Waals surface area contributed by atoms with Gasteiger partial charge in [-0.2, -0.15) is 0 Å². The molecule has 1 aromatic heterocycles. The molecular weight excluding hydrogens is 188 g/mol. The Morgan fingerprint density at radius 3 is 3.00 bits per heavy atom. The second kappa shape index (κ2) is 4.23. The molecule has 1 aromatic rings. The Bertz CT molecular complexity index is 409. The molecule has 0 bridgehead atoms. The van der Waals surface area contributed by atoms with Gasteiger partial charge < -0.3 is 11.1 Å². The molecule has 4 heteroatoms. The smallest absolute Gasteiger partial charge is 0.141 e. The fourth-order valence-corrected chi connectivity index (χ4v) is 1.62. The van der Waals surface area contributed by atoms with Gasteiger partial charge in [0.05, 0.1) is 5.69 Å². The molecule has 0 fully saturated rings. The Morgan fingerprint density at radius 1 is 1.47 bits per heavy atom. The van der Waals surface area contributed by atoms with Crippen molar-refractivity contribution in [1.29, 1.82) is 5.41 Å². The lowest BCUT2D eigenvalue weighted by Crippen LogP contribution is -2.21. The summed E-state index contributed by atoms with van der Waals surface area (Å²) in [7, 11) is 0. The zero-order valence-electron chi connectivity index (χ0n) is 8.46. The number of aromatic nitrogens is 1. The summed E-state index contributed by atoms with van der Waals surface area (Å²) in [6.45, 7) is 1.87. The van der Waals surface area contributed by atoms with Crippen molar-refractivity contribution in [2.45, 2.75) is 6.42 Å². The molecule has 78 valence electrons. The number of hydrogen-bond donors (Lipinski definition) is 3. The molecule has 1 aliphatic rings. The Morgan fingerprint density at radius 2 is 2.33 bits per heavy atom. The lowest BCUT2D eigenvalue weighted by Gasteiger charge is -2.13. The molecule has 0 aliphatic carbocycles. The number of nitrogen functional groups attached to an aromatic ring is 1. The van der Waals surface area contributed by atoms with Crippen LogP contribution >= 0.6 is 0 Å². The largest absolute Gasteiger partial charge is 0.382 e. The molecule has 0 radical (unpaired) electrons. The van der Waals surface area contributed by atoms with Crippen molar-refractivity contribution in [3.05, 3.63) is 35.7 Å². The maximum Gasteiger partial charge on any atom is 0.141 e. The van der Waals surface area contributed by atoms with E-state index >= 15 is 0 Å². The summed E-state index contributed by atoms with van der Waals surface area (Å²) in [5, 5.41) is 10.6. The molecule has 0 saturated heterocycles. The van der Waals surface area contributed by atoms with E-state index < -0.39 is 0 Å². The first-order valence-corrected chi connectivity index (χ1v) is 4.99. The number of rotatable bonds is 2. The minimum absolute atomic E-state index is 0.0198. The molecule has 4 nitrogen and oxygen atoms in total. The Balaban J connectivity index is 2.31. The zero-order chi connectivity index (χ0) is 10.7. The average molecular weight is 202 g/mol. The quantitative estimate of drug-likeness (QED) is 0.489.